The van der Waals surface area contributed by atoms with Crippen LogP contribution in [0.3, 0.4) is 0 Å². The van der Waals surface area contributed by atoms with E-state index in [1.165, 1.54) is 7.05 Å². The third kappa shape index (κ3) is 10.4. The molecule has 0 aromatic carbocycles. The molecular weight excluding hydrogens is 320 g/mol. The Morgan fingerprint density at radius 1 is 1.15 bits per heavy atom. The molecule has 0 bridgehead atoms. The fraction of sp³-hybridized carbons (Fsp3) is 1.00. The van der Waals surface area contributed by atoms with E-state index in [-0.39, 0.29) is 6.54 Å². The lowest BCUT2D eigenvalue weighted by Gasteiger charge is -2.24. The van der Waals surface area contributed by atoms with E-state index in [9.17, 15) is 27.0 Å². The van der Waals surface area contributed by atoms with Gasteiger partial charge in [-0.3, -0.25) is 9.11 Å². The number of nitrogens with one attached hydrogen (secondary N) is 2. The van der Waals surface area contributed by atoms with Crippen LogP contribution in [0, 0.1) is 0 Å². The maximum absolute atomic E-state index is 10.7. The van der Waals surface area contributed by atoms with Crippen LogP contribution in [0.2, 0.25) is 0 Å². The molecule has 0 spiro atoms. The standard InChI is InChI=1S/C7H18N2O9S2/c1-8-3-6(9-19(12,13)14)7(11)2-5(10)4-18-20(15,16)17/h5-11H,2-4H2,1H3,(H,12,13,14)(H,15,16,17). The molecule has 122 valence electrons. The number of hydrogen-bond acceptors (Lipinski definition) is 8. The molecular formula is C7H18N2O9S2. The highest BCUT2D eigenvalue weighted by Crippen LogP contribution is 2.06. The zero-order valence-electron chi connectivity index (χ0n) is 10.5. The second-order valence-electron chi connectivity index (χ2n) is 3.93. The molecule has 3 atom stereocenters. The van der Waals surface area contributed by atoms with Crippen LogP contribution in [0.4, 0.5) is 0 Å². The molecule has 20 heavy (non-hydrogen) atoms. The van der Waals surface area contributed by atoms with Crippen molar-refractivity contribution in [1.29, 1.82) is 0 Å². The highest BCUT2D eigenvalue weighted by atomic mass is 32.3. The molecule has 13 heteroatoms. The molecule has 11 nitrogen and oxygen atoms in total. The van der Waals surface area contributed by atoms with E-state index >= 15 is 0 Å². The van der Waals surface area contributed by atoms with Gasteiger partial charge in [0.25, 0.3) is 0 Å². The molecule has 3 unspecified atom stereocenters. The SMILES string of the molecule is CNCC(NS(=O)(=O)O)C(O)CC(O)COS(=O)(=O)O. The van der Waals surface area contributed by atoms with E-state index in [1.54, 1.807) is 4.72 Å². The summed E-state index contributed by atoms with van der Waals surface area (Å²) >= 11 is 0. The zero-order chi connectivity index (χ0) is 16.0. The Hall–Kier alpha value is -0.380. The Balaban J connectivity index is 4.48. The first-order valence-electron chi connectivity index (χ1n) is 5.32. The van der Waals surface area contributed by atoms with Gasteiger partial charge >= 0.3 is 20.7 Å². The van der Waals surface area contributed by atoms with Crippen molar-refractivity contribution < 1.29 is 40.3 Å². The van der Waals surface area contributed by atoms with Crippen LogP contribution in [0.1, 0.15) is 6.42 Å². The normalized spacial score (nSPS) is 17.6. The molecule has 0 heterocycles. The van der Waals surface area contributed by atoms with Crippen molar-refractivity contribution in [3.8, 4) is 0 Å². The average Bonchev–Trinajstić information content (AvgIpc) is 2.23. The fourth-order valence-electron chi connectivity index (χ4n) is 1.34. The van der Waals surface area contributed by atoms with Gasteiger partial charge in [0.1, 0.15) is 0 Å². The highest BCUT2D eigenvalue weighted by molar-refractivity contribution is 7.83. The molecule has 0 radical (unpaired) electrons. The Kier molecular flexibility index (Phi) is 8.00. The molecule has 0 aromatic rings. The molecule has 0 aromatic heterocycles. The maximum atomic E-state index is 10.7. The Labute approximate surface area is 116 Å². The second kappa shape index (κ2) is 8.16. The molecule has 0 aliphatic carbocycles. The summed E-state index contributed by atoms with van der Waals surface area (Å²) in [5.41, 5.74) is 0. The van der Waals surface area contributed by atoms with Gasteiger partial charge in [-0.25, -0.2) is 4.18 Å². The first-order valence-corrected chi connectivity index (χ1v) is 8.12. The predicted octanol–water partition coefficient (Wildman–Crippen LogP) is -3.10. The van der Waals surface area contributed by atoms with Crippen LogP contribution in [-0.2, 0) is 24.9 Å². The van der Waals surface area contributed by atoms with Crippen LogP contribution >= 0.6 is 0 Å². The van der Waals surface area contributed by atoms with Crippen LogP contribution in [0.15, 0.2) is 0 Å². The van der Waals surface area contributed by atoms with E-state index in [2.05, 4.69) is 9.50 Å². The van der Waals surface area contributed by atoms with Gasteiger partial charge in [-0.2, -0.15) is 21.6 Å². The van der Waals surface area contributed by atoms with Crippen molar-refractivity contribution >= 4 is 20.7 Å². The summed E-state index contributed by atoms with van der Waals surface area (Å²) in [6, 6.07) is -1.16. The minimum atomic E-state index is -4.72. The first kappa shape index (κ1) is 19.6. The quantitative estimate of drug-likeness (QED) is 0.223. The minimum Gasteiger partial charge on any atom is -0.391 e. The molecule has 0 aliphatic rings. The Morgan fingerprint density at radius 3 is 2.10 bits per heavy atom. The number of rotatable bonds is 10. The summed E-state index contributed by atoms with van der Waals surface area (Å²) in [5, 5.41) is 21.6. The van der Waals surface area contributed by atoms with Crippen molar-refractivity contribution in [2.24, 2.45) is 0 Å². The lowest BCUT2D eigenvalue weighted by molar-refractivity contribution is 0.0348. The van der Waals surface area contributed by atoms with E-state index in [4.69, 9.17) is 9.11 Å². The Bertz CT molecular complexity index is 477. The number of hydrogen-bond donors (Lipinski definition) is 6. The van der Waals surface area contributed by atoms with Crippen molar-refractivity contribution in [3.63, 3.8) is 0 Å². The summed E-state index contributed by atoms with van der Waals surface area (Å²) in [5.74, 6) is 0. The van der Waals surface area contributed by atoms with Gasteiger partial charge in [0.15, 0.2) is 0 Å². The molecule has 0 amide bonds. The number of aliphatic hydroxyl groups excluding tert-OH is 2. The average molecular weight is 338 g/mol. The van der Waals surface area contributed by atoms with Gasteiger partial charge < -0.3 is 15.5 Å². The van der Waals surface area contributed by atoms with E-state index < -0.39 is 52.0 Å². The van der Waals surface area contributed by atoms with Gasteiger partial charge in [0, 0.05) is 13.0 Å². The predicted molar refractivity (Wildman–Crippen MR) is 66.5 cm³/mol. The number of aliphatic hydroxyl groups is 2. The highest BCUT2D eigenvalue weighted by Gasteiger charge is 2.25. The molecule has 0 saturated carbocycles. The Morgan fingerprint density at radius 2 is 1.70 bits per heavy atom. The van der Waals surface area contributed by atoms with E-state index in [0.717, 1.165) is 0 Å². The first-order chi connectivity index (χ1) is 8.94. The largest absolute Gasteiger partial charge is 0.397 e. The van der Waals surface area contributed by atoms with Gasteiger partial charge in [-0.05, 0) is 7.05 Å². The van der Waals surface area contributed by atoms with Crippen molar-refractivity contribution in [2.75, 3.05) is 20.2 Å². The number of likely N-dealkylation sites (N-methyl/N-ethyl adjacent to an activating group) is 1. The molecule has 0 saturated heterocycles. The van der Waals surface area contributed by atoms with Gasteiger partial charge in [-0.15, -0.1) is 0 Å². The summed E-state index contributed by atoms with van der Waals surface area (Å²) < 4.78 is 64.4. The van der Waals surface area contributed by atoms with Crippen molar-refractivity contribution in [3.05, 3.63) is 0 Å². The molecule has 0 aliphatic heterocycles. The van der Waals surface area contributed by atoms with Crippen molar-refractivity contribution in [1.82, 2.24) is 10.0 Å². The topological polar surface area (TPSA) is 182 Å². The summed E-state index contributed by atoms with van der Waals surface area (Å²) in [7, 11) is -7.82. The molecule has 0 rings (SSSR count). The van der Waals surface area contributed by atoms with Gasteiger partial charge in [0.2, 0.25) is 0 Å². The maximum Gasteiger partial charge on any atom is 0.397 e. The minimum absolute atomic E-state index is 0.0627. The second-order valence-corrected chi connectivity index (χ2v) is 6.20. The van der Waals surface area contributed by atoms with Crippen LogP contribution in [0.5, 0.6) is 0 Å². The smallest absolute Gasteiger partial charge is 0.391 e. The summed E-state index contributed by atoms with van der Waals surface area (Å²) in [6.45, 7) is -0.874. The summed E-state index contributed by atoms with van der Waals surface area (Å²) in [4.78, 5) is 0. The van der Waals surface area contributed by atoms with Gasteiger partial charge in [0.05, 0.1) is 24.9 Å². The van der Waals surface area contributed by atoms with Gasteiger partial charge in [-0.1, -0.05) is 0 Å². The van der Waals surface area contributed by atoms with Crippen LogP contribution < -0.4 is 10.0 Å². The monoisotopic (exact) mass is 338 g/mol. The fourth-order valence-corrected chi connectivity index (χ4v) is 2.30. The third-order valence-corrected chi connectivity index (χ3v) is 3.15. The molecule has 6 N–H and O–H groups in total. The lowest BCUT2D eigenvalue weighted by Crippen LogP contribution is -2.49. The van der Waals surface area contributed by atoms with Crippen LogP contribution in [0.25, 0.3) is 0 Å². The lowest BCUT2D eigenvalue weighted by atomic mass is 10.1. The summed E-state index contributed by atoms with van der Waals surface area (Å²) in [6.07, 6.45) is -3.37. The van der Waals surface area contributed by atoms with E-state index in [1.807, 2.05) is 0 Å². The van der Waals surface area contributed by atoms with Crippen LogP contribution in [-0.4, -0.2) is 74.6 Å². The third-order valence-electron chi connectivity index (χ3n) is 2.11. The molecule has 0 fully saturated rings. The van der Waals surface area contributed by atoms with E-state index in [0.29, 0.717) is 0 Å². The zero-order valence-corrected chi connectivity index (χ0v) is 12.1. The van der Waals surface area contributed by atoms with Crippen molar-refractivity contribution in [2.45, 2.75) is 24.7 Å².